The Morgan fingerprint density at radius 3 is 2.68 bits per heavy atom. The second-order valence-corrected chi connectivity index (χ2v) is 8.01. The second-order valence-electron chi connectivity index (χ2n) is 5.33. The molecule has 0 aliphatic rings. The first kappa shape index (κ1) is 19.6. The molecule has 0 bridgehead atoms. The fourth-order valence-electron chi connectivity index (χ4n) is 2.09. The SMILES string of the molecule is COCCNS(=O)(=O)c1cccc(C(=O)Nc2cc(Br)ccc2C)c1. The van der Waals surface area contributed by atoms with Crippen molar-refractivity contribution in [1.82, 2.24) is 4.72 Å². The molecule has 2 aromatic carbocycles. The summed E-state index contributed by atoms with van der Waals surface area (Å²) in [5.74, 6) is -0.379. The van der Waals surface area contributed by atoms with Gasteiger partial charge in [0.05, 0.1) is 11.5 Å². The van der Waals surface area contributed by atoms with Crippen molar-refractivity contribution < 1.29 is 17.9 Å². The van der Waals surface area contributed by atoms with Gasteiger partial charge in [-0.15, -0.1) is 0 Å². The topological polar surface area (TPSA) is 84.5 Å². The molecule has 2 N–H and O–H groups in total. The maximum Gasteiger partial charge on any atom is 0.255 e. The molecule has 0 atom stereocenters. The quantitative estimate of drug-likeness (QED) is 0.666. The van der Waals surface area contributed by atoms with Crippen LogP contribution >= 0.6 is 15.9 Å². The third-order valence-corrected chi connectivity index (χ3v) is 5.40. The molecular weight excluding hydrogens is 408 g/mol. The zero-order valence-corrected chi connectivity index (χ0v) is 16.3. The first-order valence-corrected chi connectivity index (χ1v) is 9.77. The van der Waals surface area contributed by atoms with Gasteiger partial charge in [-0.25, -0.2) is 13.1 Å². The lowest BCUT2D eigenvalue weighted by molar-refractivity contribution is 0.102. The van der Waals surface area contributed by atoms with E-state index >= 15 is 0 Å². The minimum atomic E-state index is -3.69. The van der Waals surface area contributed by atoms with Crippen LogP contribution < -0.4 is 10.0 Å². The molecule has 8 heteroatoms. The highest BCUT2D eigenvalue weighted by molar-refractivity contribution is 9.10. The molecule has 1 amide bonds. The van der Waals surface area contributed by atoms with Crippen molar-refractivity contribution in [2.24, 2.45) is 0 Å². The molecule has 0 saturated carbocycles. The van der Waals surface area contributed by atoms with Gasteiger partial charge in [-0.3, -0.25) is 4.79 Å². The minimum Gasteiger partial charge on any atom is -0.383 e. The average Bonchev–Trinajstić information content (AvgIpc) is 2.58. The normalized spacial score (nSPS) is 11.3. The van der Waals surface area contributed by atoms with Gasteiger partial charge in [0, 0.05) is 29.4 Å². The average molecular weight is 427 g/mol. The molecule has 0 heterocycles. The van der Waals surface area contributed by atoms with E-state index in [1.165, 1.54) is 25.3 Å². The number of benzene rings is 2. The minimum absolute atomic E-state index is 0.0298. The van der Waals surface area contributed by atoms with Crippen LogP contribution in [0.3, 0.4) is 0 Å². The predicted octanol–water partition coefficient (Wildman–Crippen LogP) is 2.93. The van der Waals surface area contributed by atoms with Gasteiger partial charge < -0.3 is 10.1 Å². The highest BCUT2D eigenvalue weighted by atomic mass is 79.9. The Bertz CT molecular complexity index is 869. The molecule has 134 valence electrons. The lowest BCUT2D eigenvalue weighted by atomic mass is 10.1. The number of halogens is 1. The summed E-state index contributed by atoms with van der Waals surface area (Å²) in [7, 11) is -2.20. The maximum absolute atomic E-state index is 12.5. The Hall–Kier alpha value is -1.74. The number of ether oxygens (including phenoxy) is 1. The monoisotopic (exact) mass is 426 g/mol. The summed E-state index contributed by atoms with van der Waals surface area (Å²) >= 11 is 3.36. The molecule has 2 aromatic rings. The number of nitrogens with one attached hydrogen (secondary N) is 2. The number of sulfonamides is 1. The number of amides is 1. The Kier molecular flexibility index (Phi) is 6.71. The van der Waals surface area contributed by atoms with Crippen LogP contribution in [0.15, 0.2) is 51.8 Å². The molecule has 0 saturated heterocycles. The number of hydrogen-bond acceptors (Lipinski definition) is 4. The number of anilines is 1. The van der Waals surface area contributed by atoms with E-state index in [1.807, 2.05) is 19.1 Å². The first-order chi connectivity index (χ1) is 11.8. The first-order valence-electron chi connectivity index (χ1n) is 7.49. The number of carbonyl (C=O) groups excluding carboxylic acids is 1. The molecule has 0 spiro atoms. The molecule has 2 rings (SSSR count). The summed E-state index contributed by atoms with van der Waals surface area (Å²) in [5, 5.41) is 2.79. The van der Waals surface area contributed by atoms with Crippen LogP contribution in [0, 0.1) is 6.92 Å². The van der Waals surface area contributed by atoms with Crippen molar-refractivity contribution in [2.45, 2.75) is 11.8 Å². The predicted molar refractivity (Wildman–Crippen MR) is 100 cm³/mol. The maximum atomic E-state index is 12.5. The van der Waals surface area contributed by atoms with Crippen LogP contribution in [0.1, 0.15) is 15.9 Å². The standard InChI is InChI=1S/C17H19BrN2O4S/c1-12-6-7-14(18)11-16(12)20-17(21)13-4-3-5-15(10-13)25(22,23)19-8-9-24-2/h3-7,10-11,19H,8-9H2,1-2H3,(H,20,21). The van der Waals surface area contributed by atoms with Crippen molar-refractivity contribution in [2.75, 3.05) is 25.6 Å². The van der Waals surface area contributed by atoms with E-state index in [-0.39, 0.29) is 29.5 Å². The van der Waals surface area contributed by atoms with Crippen LogP contribution in [-0.4, -0.2) is 34.6 Å². The van der Waals surface area contributed by atoms with Gasteiger partial charge in [0.15, 0.2) is 0 Å². The van der Waals surface area contributed by atoms with Gasteiger partial charge >= 0.3 is 0 Å². The second kappa shape index (κ2) is 8.57. The van der Waals surface area contributed by atoms with E-state index in [4.69, 9.17) is 4.74 Å². The van der Waals surface area contributed by atoms with E-state index in [0.717, 1.165) is 10.0 Å². The van der Waals surface area contributed by atoms with Crippen molar-refractivity contribution in [3.63, 3.8) is 0 Å². The van der Waals surface area contributed by atoms with E-state index in [0.29, 0.717) is 5.69 Å². The van der Waals surface area contributed by atoms with Gasteiger partial charge in [-0.1, -0.05) is 28.1 Å². The molecule has 0 fully saturated rings. The number of rotatable bonds is 7. The molecule has 0 radical (unpaired) electrons. The molecule has 0 aliphatic heterocycles. The van der Waals surface area contributed by atoms with Crippen molar-refractivity contribution in [3.05, 3.63) is 58.1 Å². The molecular formula is C17H19BrN2O4S. The Morgan fingerprint density at radius 2 is 1.96 bits per heavy atom. The van der Waals surface area contributed by atoms with Crippen LogP contribution in [-0.2, 0) is 14.8 Å². The van der Waals surface area contributed by atoms with Crippen LogP contribution in [0.4, 0.5) is 5.69 Å². The molecule has 6 nitrogen and oxygen atoms in total. The van der Waals surface area contributed by atoms with Crippen molar-refractivity contribution in [1.29, 1.82) is 0 Å². The van der Waals surface area contributed by atoms with Crippen LogP contribution in [0.5, 0.6) is 0 Å². The Labute approximate surface area is 155 Å². The highest BCUT2D eigenvalue weighted by Gasteiger charge is 2.16. The van der Waals surface area contributed by atoms with Crippen LogP contribution in [0.25, 0.3) is 0 Å². The zero-order valence-electron chi connectivity index (χ0n) is 13.9. The summed E-state index contributed by atoms with van der Waals surface area (Å²) in [5.41, 5.74) is 1.82. The van der Waals surface area contributed by atoms with E-state index in [9.17, 15) is 13.2 Å². The number of carbonyl (C=O) groups is 1. The smallest absolute Gasteiger partial charge is 0.255 e. The van der Waals surface area contributed by atoms with E-state index in [2.05, 4.69) is 26.0 Å². The molecule has 25 heavy (non-hydrogen) atoms. The third-order valence-electron chi connectivity index (χ3n) is 3.45. The Balaban J connectivity index is 2.20. The van der Waals surface area contributed by atoms with Gasteiger partial charge in [-0.05, 0) is 42.8 Å². The number of aryl methyl sites for hydroxylation is 1. The van der Waals surface area contributed by atoms with E-state index in [1.54, 1.807) is 12.1 Å². The summed E-state index contributed by atoms with van der Waals surface area (Å²) in [6, 6.07) is 11.4. The van der Waals surface area contributed by atoms with Gasteiger partial charge in [0.25, 0.3) is 5.91 Å². The van der Waals surface area contributed by atoms with E-state index < -0.39 is 10.0 Å². The van der Waals surface area contributed by atoms with Gasteiger partial charge in [-0.2, -0.15) is 0 Å². The summed E-state index contributed by atoms with van der Waals surface area (Å²) in [6.07, 6.45) is 0. The van der Waals surface area contributed by atoms with Gasteiger partial charge in [0.2, 0.25) is 10.0 Å². The molecule has 0 aromatic heterocycles. The summed E-state index contributed by atoms with van der Waals surface area (Å²) in [4.78, 5) is 12.5. The largest absolute Gasteiger partial charge is 0.383 e. The lowest BCUT2D eigenvalue weighted by Gasteiger charge is -2.10. The number of hydrogen-bond donors (Lipinski definition) is 2. The van der Waals surface area contributed by atoms with Crippen molar-refractivity contribution >= 4 is 37.5 Å². The van der Waals surface area contributed by atoms with Gasteiger partial charge in [0.1, 0.15) is 0 Å². The summed E-state index contributed by atoms with van der Waals surface area (Å²) in [6.45, 7) is 2.30. The molecule has 0 aliphatic carbocycles. The molecule has 0 unspecified atom stereocenters. The zero-order chi connectivity index (χ0) is 18.4. The Morgan fingerprint density at radius 1 is 1.20 bits per heavy atom. The fraction of sp³-hybridized carbons (Fsp3) is 0.235. The highest BCUT2D eigenvalue weighted by Crippen LogP contribution is 2.21. The number of methoxy groups -OCH3 is 1. The van der Waals surface area contributed by atoms with Crippen molar-refractivity contribution in [3.8, 4) is 0 Å². The lowest BCUT2D eigenvalue weighted by Crippen LogP contribution is -2.27. The van der Waals surface area contributed by atoms with Crippen LogP contribution in [0.2, 0.25) is 0 Å². The summed E-state index contributed by atoms with van der Waals surface area (Å²) < 4.78 is 32.6. The third kappa shape index (κ3) is 5.37. The fourth-order valence-corrected chi connectivity index (χ4v) is 3.51.